The summed E-state index contributed by atoms with van der Waals surface area (Å²) in [6.07, 6.45) is 0. The van der Waals surface area contributed by atoms with Crippen molar-refractivity contribution in [2.75, 3.05) is 13.7 Å². The zero-order valence-corrected chi connectivity index (χ0v) is 21.8. The molecular weight excluding hydrogens is 568 g/mol. The van der Waals surface area contributed by atoms with Gasteiger partial charge >= 0.3 is 14.2 Å². The first kappa shape index (κ1) is 32.2. The first-order valence-corrected chi connectivity index (χ1v) is 12.0. The van der Waals surface area contributed by atoms with Crippen LogP contribution in [0.15, 0.2) is 48.5 Å². The van der Waals surface area contributed by atoms with Crippen LogP contribution < -0.4 is 21.7 Å². The van der Waals surface area contributed by atoms with E-state index in [0.717, 1.165) is 12.0 Å². The van der Waals surface area contributed by atoms with Gasteiger partial charge in [0.15, 0.2) is 0 Å². The van der Waals surface area contributed by atoms with Crippen LogP contribution in [0, 0.1) is 23.3 Å². The molecule has 0 saturated carbocycles. The van der Waals surface area contributed by atoms with Crippen molar-refractivity contribution >= 4 is 42.9 Å². The molecule has 0 bridgehead atoms. The molecule has 42 heavy (non-hydrogen) atoms. The maximum atomic E-state index is 14.7. The van der Waals surface area contributed by atoms with E-state index in [9.17, 15) is 42.0 Å². The van der Waals surface area contributed by atoms with Crippen molar-refractivity contribution in [3.8, 4) is 0 Å². The Morgan fingerprint density at radius 2 is 1.31 bits per heavy atom. The van der Waals surface area contributed by atoms with E-state index < -0.39 is 83.8 Å². The van der Waals surface area contributed by atoms with E-state index in [1.807, 2.05) is 5.48 Å². The summed E-state index contributed by atoms with van der Waals surface area (Å²) in [6, 6.07) is 8.27. The lowest BCUT2D eigenvalue weighted by molar-refractivity contribution is -0.132. The number of hydrogen-bond acceptors (Lipinski definition) is 8. The van der Waals surface area contributed by atoms with E-state index in [0.29, 0.717) is 35.4 Å². The molecule has 0 heterocycles. The summed E-state index contributed by atoms with van der Waals surface area (Å²) in [6.45, 7) is -1.36. The van der Waals surface area contributed by atoms with E-state index in [2.05, 4.69) is 10.2 Å². The molecule has 0 saturated heterocycles. The van der Waals surface area contributed by atoms with Gasteiger partial charge in [0.2, 0.25) is 0 Å². The summed E-state index contributed by atoms with van der Waals surface area (Å²) >= 11 is 0. The summed E-state index contributed by atoms with van der Waals surface area (Å²) in [7, 11) is -3.23. The molecule has 0 unspecified atom stereocenters. The molecule has 0 aliphatic heterocycles. The summed E-state index contributed by atoms with van der Waals surface area (Å²) in [4.78, 5) is 43.0. The Bertz CT molecular complexity index is 1450. The van der Waals surface area contributed by atoms with Crippen LogP contribution in [0.1, 0.15) is 31.8 Å². The topological polar surface area (TPSA) is 169 Å². The minimum absolute atomic E-state index is 0.262. The van der Waals surface area contributed by atoms with Crippen molar-refractivity contribution in [3.05, 3.63) is 94.1 Å². The molecule has 17 heteroatoms. The third-order valence-corrected chi connectivity index (χ3v) is 5.82. The van der Waals surface area contributed by atoms with Crippen molar-refractivity contribution in [2.45, 2.75) is 13.1 Å². The van der Waals surface area contributed by atoms with Gasteiger partial charge in [0.05, 0.1) is 7.11 Å². The van der Waals surface area contributed by atoms with Crippen LogP contribution in [0.3, 0.4) is 0 Å². The predicted octanol–water partition coefficient (Wildman–Crippen LogP) is -1.15. The zero-order chi connectivity index (χ0) is 31.1. The number of rotatable bonds is 11. The van der Waals surface area contributed by atoms with Crippen LogP contribution in [-0.4, -0.2) is 70.6 Å². The number of nitrogens with zero attached hydrogens (tertiary/aromatic N) is 1. The number of amides is 3. The molecule has 220 valence electrons. The summed E-state index contributed by atoms with van der Waals surface area (Å²) in [5.74, 6) is -8.71. The molecule has 0 aliphatic rings. The second-order valence-corrected chi connectivity index (χ2v) is 8.86. The molecule has 11 nitrogen and oxygen atoms in total. The van der Waals surface area contributed by atoms with Crippen LogP contribution in [0.2, 0.25) is 0 Å². The van der Waals surface area contributed by atoms with Crippen LogP contribution in [0.25, 0.3) is 0 Å². The van der Waals surface area contributed by atoms with E-state index in [-0.39, 0.29) is 13.1 Å². The highest BCUT2D eigenvalue weighted by Crippen LogP contribution is 2.18. The lowest BCUT2D eigenvalue weighted by Crippen LogP contribution is -2.41. The normalized spacial score (nSPS) is 10.7. The molecule has 3 rings (SSSR count). The molecule has 0 aliphatic carbocycles. The van der Waals surface area contributed by atoms with Gasteiger partial charge in [-0.1, -0.05) is 24.3 Å². The third kappa shape index (κ3) is 7.92. The summed E-state index contributed by atoms with van der Waals surface area (Å²) < 4.78 is 57.8. The predicted molar refractivity (Wildman–Crippen MR) is 140 cm³/mol. The van der Waals surface area contributed by atoms with Gasteiger partial charge in [0.1, 0.15) is 40.9 Å². The second-order valence-electron chi connectivity index (χ2n) is 8.86. The molecule has 3 aromatic carbocycles. The fourth-order valence-electron chi connectivity index (χ4n) is 3.91. The lowest BCUT2D eigenvalue weighted by atomic mass is 9.79. The maximum absolute atomic E-state index is 14.7. The van der Waals surface area contributed by atoms with Crippen LogP contribution in [0.4, 0.5) is 17.6 Å². The molecule has 0 spiro atoms. The summed E-state index contributed by atoms with van der Waals surface area (Å²) in [5.41, 5.74) is -0.378. The average molecular weight is 591 g/mol. The monoisotopic (exact) mass is 591 g/mol. The number of halogens is 4. The minimum Gasteiger partial charge on any atom is -0.423 e. The number of carbonyl (C=O) groups excluding carboxylic acids is 3. The fourth-order valence-corrected chi connectivity index (χ4v) is 3.91. The highest BCUT2D eigenvalue weighted by atomic mass is 19.1. The Labute approximate surface area is 236 Å². The van der Waals surface area contributed by atoms with Gasteiger partial charge in [-0.05, 0) is 46.3 Å². The molecule has 3 amide bonds. The molecule has 0 atom stereocenters. The molecule has 0 aromatic heterocycles. The third-order valence-electron chi connectivity index (χ3n) is 5.82. The second kappa shape index (κ2) is 14.1. The Morgan fingerprint density at radius 1 is 0.810 bits per heavy atom. The lowest BCUT2D eigenvalue weighted by Gasteiger charge is -2.23. The van der Waals surface area contributed by atoms with Crippen molar-refractivity contribution in [2.24, 2.45) is 0 Å². The molecule has 3 aromatic rings. The highest BCUT2D eigenvalue weighted by molar-refractivity contribution is 6.59. The smallest absolute Gasteiger partial charge is 0.423 e. The first-order valence-electron chi connectivity index (χ1n) is 12.0. The standard InChI is InChI=1S/C25H23B2F4N3O8/c1-42-33-21(35)12-34(25(37)23-19(30)8-16(27(40)41)9-20(23)31)11-14-4-2-3-13(5-14)10-32-24(36)22-17(28)6-15(26(38)39)7-18(22)29/h2-9,38-41H,10-12H2,1H3,(H,32,36)(H,33,35). The number of nitrogens with one attached hydrogen (secondary N) is 2. The van der Waals surface area contributed by atoms with Crippen molar-refractivity contribution in [3.63, 3.8) is 0 Å². The molecule has 0 fully saturated rings. The van der Waals surface area contributed by atoms with Crippen molar-refractivity contribution in [1.29, 1.82) is 0 Å². The number of carbonyl (C=O) groups is 3. The van der Waals surface area contributed by atoms with Gasteiger partial charge in [-0.15, -0.1) is 0 Å². The highest BCUT2D eigenvalue weighted by Gasteiger charge is 2.28. The Morgan fingerprint density at radius 3 is 1.81 bits per heavy atom. The van der Waals surface area contributed by atoms with E-state index in [1.165, 1.54) is 24.3 Å². The van der Waals surface area contributed by atoms with Gasteiger partial charge in [0, 0.05) is 13.1 Å². The Balaban J connectivity index is 1.82. The van der Waals surface area contributed by atoms with Gasteiger partial charge < -0.3 is 30.3 Å². The number of benzene rings is 3. The Kier molecular flexibility index (Phi) is 10.8. The van der Waals surface area contributed by atoms with Gasteiger partial charge in [-0.3, -0.25) is 19.2 Å². The number of hydrogen-bond donors (Lipinski definition) is 6. The van der Waals surface area contributed by atoms with E-state index in [1.54, 1.807) is 0 Å². The average Bonchev–Trinajstić information content (AvgIpc) is 2.91. The molecule has 6 N–H and O–H groups in total. The van der Waals surface area contributed by atoms with Crippen molar-refractivity contribution < 1.29 is 56.9 Å². The molecular formula is C25H23B2F4N3O8. The first-order chi connectivity index (χ1) is 19.8. The van der Waals surface area contributed by atoms with Gasteiger partial charge in [-0.25, -0.2) is 23.0 Å². The number of hydroxylamine groups is 1. The van der Waals surface area contributed by atoms with Gasteiger partial charge in [-0.2, -0.15) is 0 Å². The van der Waals surface area contributed by atoms with Gasteiger partial charge in [0.25, 0.3) is 17.7 Å². The SMILES string of the molecule is CONC(=O)CN(Cc1cccc(CNC(=O)c2c(F)cc(B(O)O)cc2F)c1)C(=O)c1c(F)cc(B(O)O)cc1F. The fraction of sp³-hybridized carbons (Fsp3) is 0.160. The van der Waals surface area contributed by atoms with Crippen LogP contribution >= 0.6 is 0 Å². The van der Waals surface area contributed by atoms with Crippen LogP contribution in [0.5, 0.6) is 0 Å². The summed E-state index contributed by atoms with van der Waals surface area (Å²) in [5, 5.41) is 38.9. The zero-order valence-electron chi connectivity index (χ0n) is 21.8. The minimum atomic E-state index is -2.20. The maximum Gasteiger partial charge on any atom is 0.488 e. The van der Waals surface area contributed by atoms with Crippen molar-refractivity contribution in [1.82, 2.24) is 15.7 Å². The van der Waals surface area contributed by atoms with E-state index in [4.69, 9.17) is 10.0 Å². The Hall–Kier alpha value is -4.28. The largest absolute Gasteiger partial charge is 0.488 e. The van der Waals surface area contributed by atoms with Crippen LogP contribution in [-0.2, 0) is 22.7 Å². The quantitative estimate of drug-likeness (QED) is 0.0924. The van der Waals surface area contributed by atoms with E-state index >= 15 is 0 Å². The molecule has 0 radical (unpaired) electrons.